The molecule has 0 aromatic rings. The van der Waals surface area contributed by atoms with Gasteiger partial charge in [0.2, 0.25) is 0 Å². The van der Waals surface area contributed by atoms with Crippen LogP contribution in [0.3, 0.4) is 0 Å². The van der Waals surface area contributed by atoms with Gasteiger partial charge in [-0.25, -0.2) is 0 Å². The molecular weight excluding hydrogens is 216 g/mol. The summed E-state index contributed by atoms with van der Waals surface area (Å²) in [4.78, 5) is 14.8. The van der Waals surface area contributed by atoms with Gasteiger partial charge in [-0.05, 0) is 0 Å². The van der Waals surface area contributed by atoms with Crippen LogP contribution in [0, 0.1) is 0 Å². The van der Waals surface area contributed by atoms with Crippen molar-refractivity contribution in [2.45, 2.75) is 0 Å². The molecule has 2 N–H and O–H groups in total. The molecule has 0 saturated carbocycles. The first-order chi connectivity index (χ1) is 7.22. The van der Waals surface area contributed by atoms with Gasteiger partial charge in [-0.15, -0.1) is 11.8 Å². The third-order valence-corrected chi connectivity index (χ3v) is 3.38. The molecule has 88 valence electrons. The minimum Gasteiger partial charge on any atom is -0.481 e. The molecule has 1 aliphatic rings. The van der Waals surface area contributed by atoms with Crippen LogP contribution >= 0.6 is 11.8 Å². The number of hydrogen-bond donors (Lipinski definition) is 2. The lowest BCUT2D eigenvalue weighted by Crippen LogP contribution is -2.46. The maximum atomic E-state index is 10.3. The molecule has 5 nitrogen and oxygen atoms in total. The van der Waals surface area contributed by atoms with Crippen LogP contribution in [0.1, 0.15) is 0 Å². The first-order valence-corrected chi connectivity index (χ1v) is 6.23. The van der Waals surface area contributed by atoms with Crippen molar-refractivity contribution < 1.29 is 15.0 Å². The van der Waals surface area contributed by atoms with Crippen LogP contribution in [0.15, 0.2) is 0 Å². The van der Waals surface area contributed by atoms with Crippen LogP contribution in [0.2, 0.25) is 0 Å². The number of aliphatic hydroxyl groups is 1. The Hall–Kier alpha value is -0.300. The standard InChI is InChI=1S/C9H18N2O3S/c12-6-5-10-1-3-11(4-2-10)8-15-7-9(13)14/h12H,1-8H2,(H,13,14). The fourth-order valence-corrected chi connectivity index (χ4v) is 2.33. The fourth-order valence-electron chi connectivity index (χ4n) is 1.55. The van der Waals surface area contributed by atoms with Gasteiger partial charge in [-0.3, -0.25) is 14.6 Å². The Bertz CT molecular complexity index is 196. The van der Waals surface area contributed by atoms with E-state index in [2.05, 4.69) is 9.80 Å². The Balaban J connectivity index is 2.06. The minimum absolute atomic E-state index is 0.177. The highest BCUT2D eigenvalue weighted by Gasteiger charge is 2.15. The lowest BCUT2D eigenvalue weighted by molar-refractivity contribution is -0.133. The Morgan fingerprint density at radius 3 is 2.33 bits per heavy atom. The van der Waals surface area contributed by atoms with E-state index in [0.29, 0.717) is 0 Å². The molecule has 1 aliphatic heterocycles. The van der Waals surface area contributed by atoms with Crippen molar-refractivity contribution in [3.05, 3.63) is 0 Å². The zero-order valence-corrected chi connectivity index (χ0v) is 9.58. The Morgan fingerprint density at radius 1 is 1.20 bits per heavy atom. The lowest BCUT2D eigenvalue weighted by Gasteiger charge is -2.33. The average Bonchev–Trinajstić information content (AvgIpc) is 2.20. The zero-order chi connectivity index (χ0) is 11.1. The van der Waals surface area contributed by atoms with E-state index in [1.807, 2.05) is 0 Å². The van der Waals surface area contributed by atoms with Gasteiger partial charge in [0.1, 0.15) is 0 Å². The number of aliphatic hydroxyl groups excluding tert-OH is 1. The van der Waals surface area contributed by atoms with Gasteiger partial charge in [0.25, 0.3) is 0 Å². The Kier molecular flexibility index (Phi) is 6.00. The predicted molar refractivity (Wildman–Crippen MR) is 60.1 cm³/mol. The first-order valence-electron chi connectivity index (χ1n) is 5.07. The first kappa shape index (κ1) is 12.8. The van der Waals surface area contributed by atoms with Gasteiger partial charge in [0.05, 0.1) is 12.4 Å². The van der Waals surface area contributed by atoms with Gasteiger partial charge in [-0.1, -0.05) is 0 Å². The highest BCUT2D eigenvalue weighted by Crippen LogP contribution is 2.07. The number of thioether (sulfide) groups is 1. The molecule has 0 radical (unpaired) electrons. The molecule has 0 bridgehead atoms. The lowest BCUT2D eigenvalue weighted by atomic mass is 10.3. The quantitative estimate of drug-likeness (QED) is 0.638. The molecule has 15 heavy (non-hydrogen) atoms. The second-order valence-corrected chi connectivity index (χ2v) is 4.51. The highest BCUT2D eigenvalue weighted by molar-refractivity contribution is 7.99. The number of hydrogen-bond acceptors (Lipinski definition) is 5. The third-order valence-electron chi connectivity index (χ3n) is 2.38. The van der Waals surface area contributed by atoms with Crippen molar-refractivity contribution in [1.82, 2.24) is 9.80 Å². The summed E-state index contributed by atoms with van der Waals surface area (Å²) >= 11 is 1.44. The summed E-state index contributed by atoms with van der Waals surface area (Å²) in [7, 11) is 0. The van der Waals surface area contributed by atoms with E-state index in [9.17, 15) is 4.79 Å². The maximum absolute atomic E-state index is 10.3. The van der Waals surface area contributed by atoms with Crippen molar-refractivity contribution in [1.29, 1.82) is 0 Å². The molecule has 1 rings (SSSR count). The van der Waals surface area contributed by atoms with Crippen molar-refractivity contribution in [3.8, 4) is 0 Å². The molecule has 0 unspecified atom stereocenters. The number of carbonyl (C=O) groups is 1. The molecule has 1 heterocycles. The molecule has 0 spiro atoms. The molecule has 1 fully saturated rings. The van der Waals surface area contributed by atoms with Gasteiger partial charge in [0, 0.05) is 38.6 Å². The SMILES string of the molecule is O=C(O)CSCN1CCN(CCO)CC1. The van der Waals surface area contributed by atoms with Crippen LogP contribution in [0.4, 0.5) is 0 Å². The molecular formula is C9H18N2O3S. The van der Waals surface area contributed by atoms with Gasteiger partial charge in [-0.2, -0.15) is 0 Å². The number of piperazine rings is 1. The van der Waals surface area contributed by atoms with Crippen molar-refractivity contribution in [2.24, 2.45) is 0 Å². The number of nitrogens with zero attached hydrogens (tertiary/aromatic N) is 2. The van der Waals surface area contributed by atoms with Crippen molar-refractivity contribution >= 4 is 17.7 Å². The summed E-state index contributed by atoms with van der Waals surface area (Å²) < 4.78 is 0. The fraction of sp³-hybridized carbons (Fsp3) is 0.889. The van der Waals surface area contributed by atoms with Crippen molar-refractivity contribution in [2.75, 3.05) is 51.0 Å². The average molecular weight is 234 g/mol. The van der Waals surface area contributed by atoms with Gasteiger partial charge < -0.3 is 10.2 Å². The summed E-state index contributed by atoms with van der Waals surface area (Å²) in [5.41, 5.74) is 0. The van der Waals surface area contributed by atoms with Crippen LogP contribution in [-0.2, 0) is 4.79 Å². The molecule has 0 aromatic heterocycles. The Morgan fingerprint density at radius 2 is 1.80 bits per heavy atom. The van der Waals surface area contributed by atoms with Crippen LogP contribution in [0.25, 0.3) is 0 Å². The molecule has 1 saturated heterocycles. The third kappa shape index (κ3) is 5.36. The van der Waals surface area contributed by atoms with Crippen LogP contribution in [0.5, 0.6) is 0 Å². The van der Waals surface area contributed by atoms with E-state index < -0.39 is 5.97 Å². The van der Waals surface area contributed by atoms with Crippen molar-refractivity contribution in [3.63, 3.8) is 0 Å². The molecule has 6 heteroatoms. The van der Waals surface area contributed by atoms with Gasteiger partial charge >= 0.3 is 5.97 Å². The largest absolute Gasteiger partial charge is 0.481 e. The second-order valence-electron chi connectivity index (χ2n) is 3.55. The predicted octanol–water partition coefficient (Wildman–Crippen LogP) is -0.628. The summed E-state index contributed by atoms with van der Waals surface area (Å²) in [6.45, 7) is 4.82. The number of carboxylic acids is 1. The van der Waals surface area contributed by atoms with Crippen LogP contribution in [-0.4, -0.2) is 76.9 Å². The normalized spacial score (nSPS) is 19.3. The molecule has 0 aromatic carbocycles. The zero-order valence-electron chi connectivity index (χ0n) is 8.76. The number of aliphatic carboxylic acids is 1. The molecule has 0 amide bonds. The summed E-state index contributed by atoms with van der Waals surface area (Å²) in [6.07, 6.45) is 0. The van der Waals surface area contributed by atoms with E-state index in [4.69, 9.17) is 10.2 Å². The summed E-state index contributed by atoms with van der Waals surface area (Å²) in [5, 5.41) is 17.2. The number of carboxylic acid groups (broad SMARTS) is 1. The van der Waals surface area contributed by atoms with Gasteiger partial charge in [0.15, 0.2) is 0 Å². The second kappa shape index (κ2) is 7.05. The number of β-amino-alcohol motifs (C(OH)–C–C–N with tert-alkyl or cyclic N) is 1. The molecule has 0 atom stereocenters. The molecule has 0 aliphatic carbocycles. The highest BCUT2D eigenvalue weighted by atomic mass is 32.2. The Labute approximate surface area is 94.0 Å². The minimum atomic E-state index is -0.751. The van der Waals surface area contributed by atoms with E-state index >= 15 is 0 Å². The number of rotatable bonds is 6. The summed E-state index contributed by atoms with van der Waals surface area (Å²) in [6, 6.07) is 0. The van der Waals surface area contributed by atoms with Crippen LogP contribution < -0.4 is 0 Å². The smallest absolute Gasteiger partial charge is 0.313 e. The van der Waals surface area contributed by atoms with E-state index in [-0.39, 0.29) is 12.4 Å². The maximum Gasteiger partial charge on any atom is 0.313 e. The summed E-state index contributed by atoms with van der Waals surface area (Å²) in [5.74, 6) is 0.217. The topological polar surface area (TPSA) is 64.0 Å². The van der Waals surface area contributed by atoms with E-state index in [1.54, 1.807) is 0 Å². The monoisotopic (exact) mass is 234 g/mol. The van der Waals surface area contributed by atoms with E-state index in [1.165, 1.54) is 11.8 Å². The van der Waals surface area contributed by atoms with E-state index in [0.717, 1.165) is 38.6 Å².